The van der Waals surface area contributed by atoms with Crippen LogP contribution < -0.4 is 5.63 Å². The zero-order chi connectivity index (χ0) is 19.5. The van der Waals surface area contributed by atoms with Crippen molar-refractivity contribution in [3.05, 3.63) is 82.2 Å². The second-order valence-electron chi connectivity index (χ2n) is 6.71. The van der Waals surface area contributed by atoms with Crippen molar-refractivity contribution < 1.29 is 18.7 Å². The van der Waals surface area contributed by atoms with Gasteiger partial charge in [-0.2, -0.15) is 0 Å². The zero-order valence-corrected chi connectivity index (χ0v) is 15.2. The van der Waals surface area contributed by atoms with E-state index in [0.29, 0.717) is 29.6 Å². The normalized spacial score (nSPS) is 14.8. The molecule has 2 aromatic carbocycles. The average Bonchev–Trinajstić information content (AvgIpc) is 3.26. The summed E-state index contributed by atoms with van der Waals surface area (Å²) in [6, 6.07) is 17.2. The van der Waals surface area contributed by atoms with Crippen LogP contribution in [0, 0.1) is 0 Å². The molecule has 28 heavy (non-hydrogen) atoms. The molecule has 1 aliphatic heterocycles. The van der Waals surface area contributed by atoms with Gasteiger partial charge in [-0.05, 0) is 25.0 Å². The lowest BCUT2D eigenvalue weighted by molar-refractivity contribution is -0.140. The van der Waals surface area contributed by atoms with Gasteiger partial charge in [0, 0.05) is 24.0 Å². The van der Waals surface area contributed by atoms with Crippen molar-refractivity contribution in [1.82, 2.24) is 4.90 Å². The van der Waals surface area contributed by atoms with Crippen molar-refractivity contribution in [2.24, 2.45) is 0 Å². The Balaban J connectivity index is 1.66. The maximum Gasteiger partial charge on any atom is 0.351 e. The van der Waals surface area contributed by atoms with E-state index in [0.717, 1.165) is 12.8 Å². The molecule has 2 heterocycles. The summed E-state index contributed by atoms with van der Waals surface area (Å²) in [5.74, 6) is -1.15. The van der Waals surface area contributed by atoms with Gasteiger partial charge < -0.3 is 14.1 Å². The van der Waals surface area contributed by atoms with Crippen LogP contribution in [-0.4, -0.2) is 29.9 Å². The molecule has 1 saturated heterocycles. The molecule has 0 bridgehead atoms. The molecular weight excluding hydrogens is 358 g/mol. The number of amides is 1. The van der Waals surface area contributed by atoms with Gasteiger partial charge >= 0.3 is 11.6 Å². The Hall–Kier alpha value is -3.41. The third-order valence-electron chi connectivity index (χ3n) is 4.83. The Morgan fingerprint density at radius 3 is 2.39 bits per heavy atom. The lowest BCUT2D eigenvalue weighted by atomic mass is 10.1. The van der Waals surface area contributed by atoms with Crippen LogP contribution in [0.4, 0.5) is 0 Å². The molecule has 6 heteroatoms. The van der Waals surface area contributed by atoms with Gasteiger partial charge in [0.05, 0.1) is 0 Å². The summed E-state index contributed by atoms with van der Waals surface area (Å²) in [4.78, 5) is 39.7. The SMILES string of the molecule is O=C(O[C@@H](C(=O)N1CCCC1)c1ccccc1)c1cc2ccccc2oc1=O. The summed E-state index contributed by atoms with van der Waals surface area (Å²) < 4.78 is 10.7. The van der Waals surface area contributed by atoms with E-state index in [1.54, 1.807) is 53.4 Å². The van der Waals surface area contributed by atoms with E-state index in [-0.39, 0.29) is 11.5 Å². The van der Waals surface area contributed by atoms with Crippen LogP contribution in [-0.2, 0) is 9.53 Å². The van der Waals surface area contributed by atoms with Gasteiger partial charge in [-0.3, -0.25) is 4.79 Å². The number of esters is 1. The average molecular weight is 377 g/mol. The number of likely N-dealkylation sites (tertiary alicyclic amines) is 1. The molecule has 3 aromatic rings. The molecule has 1 amide bonds. The van der Waals surface area contributed by atoms with Gasteiger partial charge in [-0.15, -0.1) is 0 Å². The number of para-hydroxylation sites is 1. The largest absolute Gasteiger partial charge is 0.443 e. The first-order chi connectivity index (χ1) is 13.6. The summed E-state index contributed by atoms with van der Waals surface area (Å²) in [6.45, 7) is 1.27. The number of rotatable bonds is 4. The van der Waals surface area contributed by atoms with Crippen LogP contribution in [0.15, 0.2) is 69.9 Å². The van der Waals surface area contributed by atoms with Gasteiger partial charge in [0.2, 0.25) is 6.10 Å². The smallest absolute Gasteiger partial charge is 0.351 e. The Labute approximate surface area is 161 Å². The van der Waals surface area contributed by atoms with Gasteiger partial charge in [0.25, 0.3) is 5.91 Å². The highest BCUT2D eigenvalue weighted by Gasteiger charge is 2.32. The highest BCUT2D eigenvalue weighted by molar-refractivity contribution is 5.95. The first kappa shape index (κ1) is 18.0. The Kier molecular flexibility index (Phi) is 4.93. The van der Waals surface area contributed by atoms with Crippen molar-refractivity contribution in [3.63, 3.8) is 0 Å². The predicted octanol–water partition coefficient (Wildman–Crippen LogP) is 3.31. The molecular formula is C22H19NO5. The molecule has 4 rings (SSSR count). The van der Waals surface area contributed by atoms with E-state index < -0.39 is 17.7 Å². The van der Waals surface area contributed by atoms with Gasteiger partial charge in [-0.1, -0.05) is 48.5 Å². The lowest BCUT2D eigenvalue weighted by Gasteiger charge is -2.23. The molecule has 0 unspecified atom stereocenters. The van der Waals surface area contributed by atoms with Crippen molar-refractivity contribution >= 4 is 22.8 Å². The summed E-state index contributed by atoms with van der Waals surface area (Å²) in [5.41, 5.74) is -0.0623. The molecule has 1 aromatic heterocycles. The highest BCUT2D eigenvalue weighted by atomic mass is 16.5. The van der Waals surface area contributed by atoms with E-state index in [2.05, 4.69) is 0 Å². The zero-order valence-electron chi connectivity index (χ0n) is 15.2. The van der Waals surface area contributed by atoms with E-state index in [9.17, 15) is 14.4 Å². The van der Waals surface area contributed by atoms with Crippen LogP contribution in [0.3, 0.4) is 0 Å². The van der Waals surface area contributed by atoms with Crippen LogP contribution in [0.25, 0.3) is 11.0 Å². The van der Waals surface area contributed by atoms with Crippen molar-refractivity contribution in [1.29, 1.82) is 0 Å². The van der Waals surface area contributed by atoms with Crippen LogP contribution in [0.5, 0.6) is 0 Å². The molecule has 0 aliphatic carbocycles. The van der Waals surface area contributed by atoms with Gasteiger partial charge in [-0.25, -0.2) is 9.59 Å². The standard InChI is InChI=1S/C22H19NO5/c24-20(23-12-6-7-13-23)19(15-8-2-1-3-9-15)28-22(26)17-14-16-10-4-5-11-18(16)27-21(17)25/h1-5,8-11,14,19H,6-7,12-13H2/t19-/m1/s1. The third kappa shape index (κ3) is 3.53. The van der Waals surface area contributed by atoms with Crippen LogP contribution in [0.1, 0.15) is 34.9 Å². The number of fused-ring (bicyclic) bond motifs is 1. The fourth-order valence-electron chi connectivity index (χ4n) is 3.37. The minimum atomic E-state index is -1.10. The molecule has 1 aliphatic rings. The molecule has 1 fully saturated rings. The van der Waals surface area contributed by atoms with Crippen molar-refractivity contribution in [3.8, 4) is 0 Å². The molecule has 142 valence electrons. The Morgan fingerprint density at radius 1 is 0.964 bits per heavy atom. The van der Waals surface area contributed by atoms with Crippen LogP contribution in [0.2, 0.25) is 0 Å². The summed E-state index contributed by atoms with van der Waals surface area (Å²) in [6.07, 6.45) is 0.753. The van der Waals surface area contributed by atoms with E-state index >= 15 is 0 Å². The number of benzene rings is 2. The predicted molar refractivity (Wildman–Crippen MR) is 103 cm³/mol. The highest BCUT2D eigenvalue weighted by Crippen LogP contribution is 2.24. The Bertz CT molecular complexity index is 1070. The molecule has 0 spiro atoms. The Morgan fingerprint density at radius 2 is 1.64 bits per heavy atom. The number of hydrogen-bond acceptors (Lipinski definition) is 5. The van der Waals surface area contributed by atoms with Crippen molar-refractivity contribution in [2.75, 3.05) is 13.1 Å². The maximum atomic E-state index is 13.0. The molecule has 6 nitrogen and oxygen atoms in total. The van der Waals surface area contributed by atoms with E-state index in [1.165, 1.54) is 6.07 Å². The van der Waals surface area contributed by atoms with Crippen LogP contribution >= 0.6 is 0 Å². The quantitative estimate of drug-likeness (QED) is 0.515. The number of carbonyl (C=O) groups is 2. The fourth-order valence-corrected chi connectivity index (χ4v) is 3.37. The summed E-state index contributed by atoms with van der Waals surface area (Å²) in [7, 11) is 0. The van der Waals surface area contributed by atoms with Gasteiger partial charge in [0.15, 0.2) is 0 Å². The topological polar surface area (TPSA) is 76.8 Å². The second kappa shape index (κ2) is 7.68. The lowest BCUT2D eigenvalue weighted by Crippen LogP contribution is -2.35. The number of hydrogen-bond donors (Lipinski definition) is 0. The molecule has 0 saturated carbocycles. The maximum absolute atomic E-state index is 13.0. The van der Waals surface area contributed by atoms with Gasteiger partial charge in [0.1, 0.15) is 11.1 Å². The molecule has 0 radical (unpaired) electrons. The monoisotopic (exact) mass is 377 g/mol. The van der Waals surface area contributed by atoms with E-state index in [4.69, 9.17) is 9.15 Å². The number of nitrogens with zero attached hydrogens (tertiary/aromatic N) is 1. The summed E-state index contributed by atoms with van der Waals surface area (Å²) in [5, 5.41) is 0.608. The number of ether oxygens (including phenoxy) is 1. The number of carbonyl (C=O) groups excluding carboxylic acids is 2. The molecule has 1 atom stereocenters. The first-order valence-corrected chi connectivity index (χ1v) is 9.21. The summed E-state index contributed by atoms with van der Waals surface area (Å²) >= 11 is 0. The van der Waals surface area contributed by atoms with E-state index in [1.807, 2.05) is 6.07 Å². The second-order valence-corrected chi connectivity index (χ2v) is 6.71. The fraction of sp³-hybridized carbons (Fsp3) is 0.227. The first-order valence-electron chi connectivity index (χ1n) is 9.21. The minimum absolute atomic E-state index is 0.228. The van der Waals surface area contributed by atoms with Crippen molar-refractivity contribution in [2.45, 2.75) is 18.9 Å². The third-order valence-corrected chi connectivity index (χ3v) is 4.83. The molecule has 0 N–H and O–H groups in total. The minimum Gasteiger partial charge on any atom is -0.443 e.